The van der Waals surface area contributed by atoms with Crippen molar-refractivity contribution in [2.45, 2.75) is 45.8 Å². The van der Waals surface area contributed by atoms with Gasteiger partial charge in [0.15, 0.2) is 0 Å². The fourth-order valence-electron chi connectivity index (χ4n) is 3.22. The molecule has 1 saturated heterocycles. The van der Waals surface area contributed by atoms with E-state index in [1.165, 1.54) is 0 Å². The van der Waals surface area contributed by atoms with Crippen LogP contribution >= 0.6 is 11.6 Å². The van der Waals surface area contributed by atoms with Crippen molar-refractivity contribution in [3.05, 3.63) is 29.7 Å². The van der Waals surface area contributed by atoms with Gasteiger partial charge in [0.2, 0.25) is 0 Å². The third kappa shape index (κ3) is 5.13. The molecule has 2 aromatic heterocycles. The van der Waals surface area contributed by atoms with Gasteiger partial charge < -0.3 is 15.4 Å². The normalized spacial score (nSPS) is 17.8. The van der Waals surface area contributed by atoms with Crippen molar-refractivity contribution in [2.75, 3.05) is 18.8 Å². The van der Waals surface area contributed by atoms with E-state index >= 15 is 0 Å². The third-order valence-corrected chi connectivity index (χ3v) is 4.67. The van der Waals surface area contributed by atoms with Crippen LogP contribution in [0.25, 0.3) is 11.3 Å². The van der Waals surface area contributed by atoms with Crippen LogP contribution in [0.4, 0.5) is 10.5 Å². The lowest BCUT2D eigenvalue weighted by molar-refractivity contribution is 0.0155. The first-order chi connectivity index (χ1) is 12.7. The Morgan fingerprint density at radius 3 is 2.89 bits per heavy atom. The zero-order valence-corrected chi connectivity index (χ0v) is 16.7. The van der Waals surface area contributed by atoms with Gasteiger partial charge in [-0.2, -0.15) is 5.10 Å². The van der Waals surface area contributed by atoms with Crippen LogP contribution in [0, 0.1) is 5.92 Å². The fourth-order valence-corrected chi connectivity index (χ4v) is 3.51. The van der Waals surface area contributed by atoms with Gasteiger partial charge in [0.05, 0.1) is 28.8 Å². The Labute approximate surface area is 164 Å². The number of anilines is 1. The molecule has 7 nitrogen and oxygen atoms in total. The van der Waals surface area contributed by atoms with Crippen molar-refractivity contribution in [2.24, 2.45) is 5.92 Å². The summed E-state index contributed by atoms with van der Waals surface area (Å²) < 4.78 is 7.37. The number of halogens is 1. The molecule has 0 aromatic carbocycles. The first-order valence-corrected chi connectivity index (χ1v) is 9.51. The topological polar surface area (TPSA) is 86.3 Å². The van der Waals surface area contributed by atoms with Crippen LogP contribution in [0.2, 0.25) is 5.02 Å². The molecule has 0 spiro atoms. The monoisotopic (exact) mass is 391 g/mol. The van der Waals surface area contributed by atoms with Gasteiger partial charge in [-0.3, -0.25) is 9.67 Å². The number of aromatic nitrogens is 3. The summed E-state index contributed by atoms with van der Waals surface area (Å²) in [5, 5.41) is 4.93. The maximum Gasteiger partial charge on any atom is 0.410 e. The Morgan fingerprint density at radius 1 is 1.41 bits per heavy atom. The van der Waals surface area contributed by atoms with Crippen molar-refractivity contribution >= 4 is 23.4 Å². The summed E-state index contributed by atoms with van der Waals surface area (Å²) in [6.07, 6.45) is 7.03. The van der Waals surface area contributed by atoms with E-state index < -0.39 is 5.60 Å². The maximum absolute atomic E-state index is 12.3. The second kappa shape index (κ2) is 7.76. The van der Waals surface area contributed by atoms with Crippen molar-refractivity contribution in [1.82, 2.24) is 19.7 Å². The number of rotatable bonds is 3. The number of carbonyl (C=O) groups excluding carboxylic acids is 1. The highest BCUT2D eigenvalue weighted by Crippen LogP contribution is 2.27. The van der Waals surface area contributed by atoms with Crippen LogP contribution in [-0.2, 0) is 11.3 Å². The van der Waals surface area contributed by atoms with Crippen LogP contribution in [-0.4, -0.2) is 44.4 Å². The highest BCUT2D eigenvalue weighted by Gasteiger charge is 2.28. The predicted molar refractivity (Wildman–Crippen MR) is 105 cm³/mol. The Bertz CT molecular complexity index is 815. The minimum Gasteiger partial charge on any atom is -0.444 e. The van der Waals surface area contributed by atoms with Crippen LogP contribution in [0.15, 0.2) is 24.7 Å². The molecule has 8 heteroatoms. The zero-order valence-electron chi connectivity index (χ0n) is 16.0. The van der Waals surface area contributed by atoms with E-state index in [0.717, 1.165) is 31.5 Å². The molecule has 1 fully saturated rings. The van der Waals surface area contributed by atoms with Crippen molar-refractivity contribution in [3.63, 3.8) is 0 Å². The molecule has 1 unspecified atom stereocenters. The van der Waals surface area contributed by atoms with E-state index in [1.54, 1.807) is 23.4 Å². The fraction of sp³-hybridized carbons (Fsp3) is 0.526. The van der Waals surface area contributed by atoms with Crippen molar-refractivity contribution in [3.8, 4) is 11.3 Å². The summed E-state index contributed by atoms with van der Waals surface area (Å²) in [4.78, 5) is 18.4. The minimum atomic E-state index is -0.480. The predicted octanol–water partition coefficient (Wildman–Crippen LogP) is 3.83. The Hall–Kier alpha value is -2.28. The zero-order chi connectivity index (χ0) is 19.6. The molecule has 1 aliphatic heterocycles. The van der Waals surface area contributed by atoms with Gasteiger partial charge in [-0.1, -0.05) is 11.6 Å². The average Bonchev–Trinajstić information content (AvgIpc) is 3.01. The molecule has 1 amide bonds. The summed E-state index contributed by atoms with van der Waals surface area (Å²) in [6.45, 7) is 7.79. The van der Waals surface area contributed by atoms with E-state index in [2.05, 4.69) is 10.1 Å². The van der Waals surface area contributed by atoms with Crippen LogP contribution in [0.1, 0.15) is 33.6 Å². The summed E-state index contributed by atoms with van der Waals surface area (Å²) in [5.41, 5.74) is 7.26. The molecule has 2 aromatic rings. The first-order valence-electron chi connectivity index (χ1n) is 9.13. The van der Waals surface area contributed by atoms with Gasteiger partial charge >= 0.3 is 6.09 Å². The number of hydrogen-bond donors (Lipinski definition) is 1. The number of amides is 1. The number of nitrogen functional groups attached to an aromatic ring is 1. The van der Waals surface area contributed by atoms with E-state index in [-0.39, 0.29) is 6.09 Å². The molecule has 146 valence electrons. The molecule has 3 heterocycles. The lowest BCUT2D eigenvalue weighted by Gasteiger charge is -2.34. The highest BCUT2D eigenvalue weighted by molar-refractivity contribution is 6.33. The SMILES string of the molecule is CC(C)(C)OC(=O)N1CCCC(Cn2cc(-c3ncc(N)cc3Cl)cn2)C1. The molecule has 2 N–H and O–H groups in total. The third-order valence-electron chi connectivity index (χ3n) is 4.38. The molecular weight excluding hydrogens is 366 g/mol. The van der Waals surface area contributed by atoms with Gasteiger partial charge in [0, 0.05) is 31.4 Å². The van der Waals surface area contributed by atoms with Gasteiger partial charge in [0.25, 0.3) is 0 Å². The molecule has 0 aliphatic carbocycles. The number of piperidine rings is 1. The highest BCUT2D eigenvalue weighted by atomic mass is 35.5. The standard InChI is InChI=1S/C19H26ClN5O2/c1-19(2,3)27-18(26)24-6-4-5-13(10-24)11-25-12-14(8-23-25)17-16(20)7-15(21)9-22-17/h7-9,12-13H,4-6,10-11,21H2,1-3H3. The molecule has 3 rings (SSSR count). The summed E-state index contributed by atoms with van der Waals surface area (Å²) in [5.74, 6) is 0.328. The second-order valence-corrected chi connectivity index (χ2v) is 8.39. The van der Waals surface area contributed by atoms with Crippen molar-refractivity contribution < 1.29 is 9.53 Å². The lowest BCUT2D eigenvalue weighted by atomic mass is 9.98. The van der Waals surface area contributed by atoms with Crippen LogP contribution in [0.3, 0.4) is 0 Å². The molecule has 27 heavy (non-hydrogen) atoms. The Balaban J connectivity index is 1.64. The first kappa shape index (κ1) is 19.5. The number of ether oxygens (including phenoxy) is 1. The molecular formula is C19H26ClN5O2. The Kier molecular flexibility index (Phi) is 5.60. The van der Waals surface area contributed by atoms with Gasteiger partial charge in [-0.05, 0) is 45.6 Å². The minimum absolute atomic E-state index is 0.244. The van der Waals surface area contributed by atoms with E-state index in [9.17, 15) is 4.79 Å². The number of nitrogens with two attached hydrogens (primary N) is 1. The van der Waals surface area contributed by atoms with Gasteiger partial charge in [-0.15, -0.1) is 0 Å². The number of pyridine rings is 1. The van der Waals surface area contributed by atoms with E-state index in [1.807, 2.05) is 31.6 Å². The molecule has 0 bridgehead atoms. The largest absolute Gasteiger partial charge is 0.444 e. The maximum atomic E-state index is 12.3. The van der Waals surface area contributed by atoms with Gasteiger partial charge in [-0.25, -0.2) is 4.79 Å². The summed E-state index contributed by atoms with van der Waals surface area (Å²) >= 11 is 6.23. The molecule has 1 atom stereocenters. The smallest absolute Gasteiger partial charge is 0.410 e. The Morgan fingerprint density at radius 2 is 2.19 bits per heavy atom. The molecule has 1 aliphatic rings. The van der Waals surface area contributed by atoms with Gasteiger partial charge in [0.1, 0.15) is 5.60 Å². The summed E-state index contributed by atoms with van der Waals surface area (Å²) in [6, 6.07) is 1.68. The van der Waals surface area contributed by atoms with Crippen LogP contribution in [0.5, 0.6) is 0 Å². The van der Waals surface area contributed by atoms with E-state index in [0.29, 0.717) is 28.9 Å². The number of nitrogens with zero attached hydrogens (tertiary/aromatic N) is 4. The average molecular weight is 392 g/mol. The lowest BCUT2D eigenvalue weighted by Crippen LogP contribution is -2.43. The quantitative estimate of drug-likeness (QED) is 0.859. The molecule has 0 radical (unpaired) electrons. The number of likely N-dealkylation sites (tertiary alicyclic amines) is 1. The number of carbonyl (C=O) groups is 1. The molecule has 0 saturated carbocycles. The summed E-state index contributed by atoms with van der Waals surface area (Å²) in [7, 11) is 0. The van der Waals surface area contributed by atoms with E-state index in [4.69, 9.17) is 22.1 Å². The number of hydrogen-bond acceptors (Lipinski definition) is 5. The van der Waals surface area contributed by atoms with Crippen LogP contribution < -0.4 is 5.73 Å². The second-order valence-electron chi connectivity index (χ2n) is 7.98. The van der Waals surface area contributed by atoms with Crippen molar-refractivity contribution in [1.29, 1.82) is 0 Å².